The highest BCUT2D eigenvalue weighted by atomic mass is 16.5. The molecule has 0 radical (unpaired) electrons. The van der Waals surface area contributed by atoms with Gasteiger partial charge >= 0.3 is 5.97 Å². The third-order valence-corrected chi connectivity index (χ3v) is 9.79. The molecule has 1 N–H and O–H groups in total. The molecule has 10 atom stereocenters. The molecule has 5 saturated carbocycles. The fourth-order valence-electron chi connectivity index (χ4n) is 8.40. The molecule has 0 heterocycles. The van der Waals surface area contributed by atoms with E-state index in [1.54, 1.807) is 6.92 Å². The van der Waals surface area contributed by atoms with Gasteiger partial charge in [0.25, 0.3) is 0 Å². The first-order valence-corrected chi connectivity index (χ1v) is 10.7. The van der Waals surface area contributed by atoms with Crippen LogP contribution in [0.15, 0.2) is 0 Å². The van der Waals surface area contributed by atoms with Crippen LogP contribution in [0.3, 0.4) is 0 Å². The lowest BCUT2D eigenvalue weighted by molar-refractivity contribution is -0.178. The Morgan fingerprint density at radius 3 is 2.56 bits per heavy atom. The molecule has 3 heteroatoms. The summed E-state index contributed by atoms with van der Waals surface area (Å²) in [5.41, 5.74) is 0.305. The fourth-order valence-corrected chi connectivity index (χ4v) is 8.40. The number of carbonyl (C=O) groups is 1. The molecule has 0 spiro atoms. The second kappa shape index (κ2) is 5.24. The van der Waals surface area contributed by atoms with E-state index < -0.39 is 0 Å². The summed E-state index contributed by atoms with van der Waals surface area (Å²) in [4.78, 5) is 11.6. The van der Waals surface area contributed by atoms with Crippen molar-refractivity contribution in [3.63, 3.8) is 0 Å². The molecule has 0 saturated heterocycles. The largest absolute Gasteiger partial charge is 0.462 e. The third kappa shape index (κ3) is 2.11. The van der Waals surface area contributed by atoms with Crippen LogP contribution in [0.5, 0.6) is 0 Å². The van der Waals surface area contributed by atoms with Crippen molar-refractivity contribution in [2.24, 2.45) is 46.3 Å². The zero-order valence-corrected chi connectivity index (χ0v) is 16.0. The van der Waals surface area contributed by atoms with Crippen LogP contribution in [0.2, 0.25) is 0 Å². The van der Waals surface area contributed by atoms with Gasteiger partial charge in [-0.3, -0.25) is 4.79 Å². The van der Waals surface area contributed by atoms with E-state index >= 15 is 0 Å². The summed E-state index contributed by atoms with van der Waals surface area (Å²) >= 11 is 0. The Bertz CT molecular complexity index is 588. The maximum Gasteiger partial charge on any atom is 0.302 e. The highest BCUT2D eigenvalue weighted by Crippen LogP contribution is 2.70. The quantitative estimate of drug-likeness (QED) is 0.725. The first kappa shape index (κ1) is 16.6. The van der Waals surface area contributed by atoms with Crippen molar-refractivity contribution < 1.29 is 14.6 Å². The predicted octanol–water partition coefficient (Wildman–Crippen LogP) is 4.18. The number of carbonyl (C=O) groups excluding carboxylic acids is 1. The van der Waals surface area contributed by atoms with Gasteiger partial charge in [-0.15, -0.1) is 0 Å². The Morgan fingerprint density at radius 1 is 1.00 bits per heavy atom. The van der Waals surface area contributed by atoms with Gasteiger partial charge in [0.15, 0.2) is 0 Å². The summed E-state index contributed by atoms with van der Waals surface area (Å²) in [6.07, 6.45) is 9.97. The Labute approximate surface area is 151 Å². The molecule has 0 aliphatic heterocycles. The predicted molar refractivity (Wildman–Crippen MR) is 95.7 cm³/mol. The molecule has 0 aromatic carbocycles. The van der Waals surface area contributed by atoms with E-state index in [4.69, 9.17) is 4.74 Å². The van der Waals surface area contributed by atoms with E-state index in [1.807, 2.05) is 0 Å². The molecule has 3 nitrogen and oxygen atoms in total. The van der Waals surface area contributed by atoms with Crippen LogP contribution >= 0.6 is 0 Å². The van der Waals surface area contributed by atoms with Crippen molar-refractivity contribution in [1.29, 1.82) is 0 Å². The van der Waals surface area contributed by atoms with Gasteiger partial charge in [0.05, 0.1) is 6.10 Å². The van der Waals surface area contributed by atoms with Crippen LogP contribution in [0, 0.1) is 46.3 Å². The highest BCUT2D eigenvalue weighted by molar-refractivity contribution is 5.66. The van der Waals surface area contributed by atoms with E-state index in [1.165, 1.54) is 44.9 Å². The second-order valence-electron chi connectivity index (χ2n) is 10.6. The number of aliphatic hydroxyl groups is 1. The summed E-state index contributed by atoms with van der Waals surface area (Å²) in [5, 5.41) is 11.2. The lowest BCUT2D eigenvalue weighted by Crippen LogP contribution is -2.58. The highest BCUT2D eigenvalue weighted by Gasteiger charge is 2.66. The Balaban J connectivity index is 1.44. The topological polar surface area (TPSA) is 46.5 Å². The third-order valence-electron chi connectivity index (χ3n) is 9.79. The summed E-state index contributed by atoms with van der Waals surface area (Å²) < 4.78 is 5.75. The minimum atomic E-state index is -0.118. The molecule has 0 bridgehead atoms. The zero-order valence-electron chi connectivity index (χ0n) is 16.0. The zero-order chi connectivity index (χ0) is 17.6. The van der Waals surface area contributed by atoms with Gasteiger partial charge in [0.1, 0.15) is 6.10 Å². The van der Waals surface area contributed by atoms with E-state index in [0.717, 1.165) is 24.2 Å². The molecule has 5 rings (SSSR count). The van der Waals surface area contributed by atoms with Crippen molar-refractivity contribution >= 4 is 5.97 Å². The summed E-state index contributed by atoms with van der Waals surface area (Å²) in [6, 6.07) is 0. The van der Waals surface area contributed by atoms with Gasteiger partial charge in [-0.1, -0.05) is 13.8 Å². The normalized spacial score (nSPS) is 59.2. The Kier molecular flexibility index (Phi) is 3.48. The van der Waals surface area contributed by atoms with Gasteiger partial charge in [-0.25, -0.2) is 0 Å². The molecule has 5 fully saturated rings. The maximum atomic E-state index is 11.6. The van der Waals surface area contributed by atoms with Crippen LogP contribution in [0.1, 0.15) is 72.1 Å². The molecule has 0 aromatic rings. The monoisotopic (exact) mass is 346 g/mol. The lowest BCUT2D eigenvalue weighted by atomic mass is 9.44. The smallest absolute Gasteiger partial charge is 0.302 e. The van der Waals surface area contributed by atoms with E-state index in [9.17, 15) is 9.90 Å². The van der Waals surface area contributed by atoms with Gasteiger partial charge in [-0.05, 0) is 92.3 Å². The van der Waals surface area contributed by atoms with Crippen molar-refractivity contribution in [2.75, 3.05) is 0 Å². The number of ether oxygens (including phenoxy) is 1. The standard InChI is InChI=1S/C22H34O3/c1-12(23)25-19-7-6-17-15-5-4-14-10-13-11-16(13)20(24)22(14,3)18(15)8-9-21(17,19)2/h13-20,24H,4-11H2,1-3H3. The molecule has 5 aliphatic carbocycles. The van der Waals surface area contributed by atoms with Gasteiger partial charge in [0, 0.05) is 12.3 Å². The first-order chi connectivity index (χ1) is 11.9. The minimum Gasteiger partial charge on any atom is -0.462 e. The van der Waals surface area contributed by atoms with E-state index in [2.05, 4.69) is 13.8 Å². The van der Waals surface area contributed by atoms with E-state index in [0.29, 0.717) is 17.8 Å². The minimum absolute atomic E-state index is 0.0703. The molecule has 25 heavy (non-hydrogen) atoms. The van der Waals surface area contributed by atoms with Crippen LogP contribution in [0.4, 0.5) is 0 Å². The average molecular weight is 347 g/mol. The fraction of sp³-hybridized carbons (Fsp3) is 0.955. The number of hydrogen-bond donors (Lipinski definition) is 1. The van der Waals surface area contributed by atoms with Gasteiger partial charge in [-0.2, -0.15) is 0 Å². The van der Waals surface area contributed by atoms with Gasteiger partial charge in [0.2, 0.25) is 0 Å². The van der Waals surface area contributed by atoms with Crippen LogP contribution < -0.4 is 0 Å². The van der Waals surface area contributed by atoms with Gasteiger partial charge < -0.3 is 9.84 Å². The molecule has 0 aromatic heterocycles. The Morgan fingerprint density at radius 2 is 1.80 bits per heavy atom. The maximum absolute atomic E-state index is 11.6. The summed E-state index contributed by atoms with van der Waals surface area (Å²) in [7, 11) is 0. The SMILES string of the molecule is CC(=O)OC1CCC2C3CCC4CC5CC5C(O)C4(C)C3CCC12C. The summed E-state index contributed by atoms with van der Waals surface area (Å²) in [6.45, 7) is 6.38. The molecular formula is C22H34O3. The van der Waals surface area contributed by atoms with Crippen molar-refractivity contribution in [2.45, 2.75) is 84.3 Å². The van der Waals surface area contributed by atoms with Crippen LogP contribution in [-0.2, 0) is 9.53 Å². The number of esters is 1. The summed E-state index contributed by atoms with van der Waals surface area (Å²) in [5.74, 6) is 4.14. The molecular weight excluding hydrogens is 312 g/mol. The molecule has 0 amide bonds. The second-order valence-corrected chi connectivity index (χ2v) is 10.6. The number of rotatable bonds is 1. The van der Waals surface area contributed by atoms with Crippen molar-refractivity contribution in [3.05, 3.63) is 0 Å². The lowest BCUT2D eigenvalue weighted by Gasteiger charge is -2.61. The Hall–Kier alpha value is -0.570. The van der Waals surface area contributed by atoms with Crippen molar-refractivity contribution in [3.8, 4) is 0 Å². The number of aliphatic hydroxyl groups excluding tert-OH is 1. The molecule has 5 aliphatic rings. The van der Waals surface area contributed by atoms with Crippen molar-refractivity contribution in [1.82, 2.24) is 0 Å². The number of fused-ring (bicyclic) bond motifs is 6. The average Bonchev–Trinajstić information content (AvgIpc) is 3.26. The van der Waals surface area contributed by atoms with E-state index in [-0.39, 0.29) is 29.0 Å². The first-order valence-electron chi connectivity index (χ1n) is 10.7. The van der Waals surface area contributed by atoms with Crippen LogP contribution in [0.25, 0.3) is 0 Å². The molecule has 10 unspecified atom stereocenters. The van der Waals surface area contributed by atoms with Crippen LogP contribution in [-0.4, -0.2) is 23.3 Å². The number of hydrogen-bond acceptors (Lipinski definition) is 3. The molecule has 140 valence electrons.